The molecule has 1 aromatic rings. The van der Waals surface area contributed by atoms with Gasteiger partial charge >= 0.3 is 0 Å². The van der Waals surface area contributed by atoms with Gasteiger partial charge in [0.05, 0.1) is 13.2 Å². The Morgan fingerprint density at radius 3 is 2.89 bits per heavy atom. The van der Waals surface area contributed by atoms with E-state index in [-0.39, 0.29) is 24.0 Å². The molecule has 1 fully saturated rings. The number of guanidine groups is 1. The van der Waals surface area contributed by atoms with Crippen LogP contribution in [0.25, 0.3) is 0 Å². The van der Waals surface area contributed by atoms with Gasteiger partial charge in [0, 0.05) is 44.3 Å². The molecule has 2 atom stereocenters. The summed E-state index contributed by atoms with van der Waals surface area (Å²) in [5.74, 6) is 1.47. The highest BCUT2D eigenvalue weighted by molar-refractivity contribution is 14.0. The fraction of sp³-hybridized carbons (Fsp3) is 0.750. The fourth-order valence-corrected chi connectivity index (χ4v) is 4.52. The average Bonchev–Trinajstić information content (AvgIpc) is 3.19. The minimum Gasteiger partial charge on any atom is -0.382 e. The molecule has 2 unspecified atom stereocenters. The summed E-state index contributed by atoms with van der Waals surface area (Å²) in [6, 6.07) is 4.91. The maximum atomic E-state index is 5.51. The van der Waals surface area contributed by atoms with Crippen LogP contribution in [-0.4, -0.2) is 71.0 Å². The van der Waals surface area contributed by atoms with Crippen molar-refractivity contribution < 1.29 is 9.47 Å². The van der Waals surface area contributed by atoms with E-state index in [2.05, 4.69) is 47.0 Å². The summed E-state index contributed by atoms with van der Waals surface area (Å²) in [5, 5.41) is 8.97. The molecule has 0 amide bonds. The SMILES string of the molecule is CCNC(=NCC1CCCN(C)C1c1cccs1)NCCCOCCOC.I. The molecule has 6 nitrogen and oxygen atoms in total. The molecule has 2 rings (SSSR count). The van der Waals surface area contributed by atoms with Gasteiger partial charge in [-0.2, -0.15) is 0 Å². The number of aliphatic imine (C=N–C) groups is 1. The zero-order valence-corrected chi connectivity index (χ0v) is 20.6. The van der Waals surface area contributed by atoms with E-state index in [4.69, 9.17) is 14.5 Å². The van der Waals surface area contributed by atoms with Crippen LogP contribution < -0.4 is 10.6 Å². The van der Waals surface area contributed by atoms with E-state index in [9.17, 15) is 0 Å². The van der Waals surface area contributed by atoms with Crippen molar-refractivity contribution in [3.05, 3.63) is 22.4 Å². The number of hydrogen-bond donors (Lipinski definition) is 2. The second-order valence-corrected chi connectivity index (χ2v) is 7.93. The van der Waals surface area contributed by atoms with Crippen molar-refractivity contribution in [2.45, 2.75) is 32.2 Å². The van der Waals surface area contributed by atoms with Crippen LogP contribution >= 0.6 is 35.3 Å². The number of thiophene rings is 1. The first-order valence-corrected chi connectivity index (χ1v) is 11.0. The maximum absolute atomic E-state index is 5.51. The lowest BCUT2D eigenvalue weighted by Crippen LogP contribution is -2.40. The molecule has 0 spiro atoms. The van der Waals surface area contributed by atoms with Crippen LogP contribution in [0.3, 0.4) is 0 Å². The number of piperidine rings is 1. The smallest absolute Gasteiger partial charge is 0.191 e. The summed E-state index contributed by atoms with van der Waals surface area (Å²) in [5.41, 5.74) is 0. The Morgan fingerprint density at radius 1 is 1.32 bits per heavy atom. The van der Waals surface area contributed by atoms with Gasteiger partial charge in [0.2, 0.25) is 0 Å². The Labute approximate surface area is 191 Å². The number of likely N-dealkylation sites (tertiary alicyclic amines) is 1. The molecule has 2 heterocycles. The lowest BCUT2D eigenvalue weighted by molar-refractivity contribution is 0.0698. The fourth-order valence-electron chi connectivity index (χ4n) is 3.54. The number of nitrogens with zero attached hydrogens (tertiary/aromatic N) is 2. The summed E-state index contributed by atoms with van der Waals surface area (Å²) in [7, 11) is 3.93. The molecule has 8 heteroatoms. The largest absolute Gasteiger partial charge is 0.382 e. The van der Waals surface area contributed by atoms with Crippen LogP contribution in [-0.2, 0) is 9.47 Å². The van der Waals surface area contributed by atoms with Gasteiger partial charge < -0.3 is 20.1 Å². The number of ether oxygens (including phenoxy) is 2. The van der Waals surface area contributed by atoms with Gasteiger partial charge in [0.25, 0.3) is 0 Å². The molecule has 28 heavy (non-hydrogen) atoms. The summed E-state index contributed by atoms with van der Waals surface area (Å²) in [4.78, 5) is 8.85. The topological polar surface area (TPSA) is 58.1 Å². The predicted molar refractivity (Wildman–Crippen MR) is 129 cm³/mol. The van der Waals surface area contributed by atoms with Crippen LogP contribution in [0.5, 0.6) is 0 Å². The van der Waals surface area contributed by atoms with E-state index in [1.165, 1.54) is 24.3 Å². The Balaban J connectivity index is 0.00000392. The number of halogens is 1. The molecule has 0 saturated carbocycles. The highest BCUT2D eigenvalue weighted by Gasteiger charge is 2.31. The number of rotatable bonds is 11. The van der Waals surface area contributed by atoms with E-state index in [0.717, 1.165) is 38.6 Å². The first-order valence-electron chi connectivity index (χ1n) is 10.1. The molecular formula is C20H37IN4O2S. The molecule has 1 aliphatic heterocycles. The molecule has 0 aliphatic carbocycles. The molecule has 0 radical (unpaired) electrons. The minimum absolute atomic E-state index is 0. The minimum atomic E-state index is 0. The van der Waals surface area contributed by atoms with Crippen molar-refractivity contribution in [2.24, 2.45) is 10.9 Å². The Kier molecular flexibility index (Phi) is 14.1. The second kappa shape index (κ2) is 15.4. The normalized spacial score (nSPS) is 20.6. The first-order chi connectivity index (χ1) is 13.3. The van der Waals surface area contributed by atoms with Crippen molar-refractivity contribution >= 4 is 41.3 Å². The van der Waals surface area contributed by atoms with E-state index < -0.39 is 0 Å². The lowest BCUT2D eigenvalue weighted by Gasteiger charge is -2.38. The summed E-state index contributed by atoms with van der Waals surface area (Å²) >= 11 is 1.86. The Bertz CT molecular complexity index is 530. The van der Waals surface area contributed by atoms with Crippen LogP contribution in [0.1, 0.15) is 37.1 Å². The maximum Gasteiger partial charge on any atom is 0.191 e. The van der Waals surface area contributed by atoms with E-state index in [1.54, 1.807) is 7.11 Å². The zero-order chi connectivity index (χ0) is 19.3. The number of hydrogen-bond acceptors (Lipinski definition) is 5. The van der Waals surface area contributed by atoms with Crippen molar-refractivity contribution in [2.75, 3.05) is 60.2 Å². The van der Waals surface area contributed by atoms with Crippen LogP contribution in [0.4, 0.5) is 0 Å². The molecule has 1 aromatic heterocycles. The van der Waals surface area contributed by atoms with E-state index >= 15 is 0 Å². The molecule has 0 aromatic carbocycles. The first kappa shape index (κ1) is 25.6. The second-order valence-electron chi connectivity index (χ2n) is 6.95. The van der Waals surface area contributed by atoms with Crippen molar-refractivity contribution in [3.8, 4) is 0 Å². The number of methoxy groups -OCH3 is 1. The lowest BCUT2D eigenvalue weighted by atomic mass is 9.88. The van der Waals surface area contributed by atoms with Crippen molar-refractivity contribution in [1.29, 1.82) is 0 Å². The molecule has 2 N–H and O–H groups in total. The van der Waals surface area contributed by atoms with Gasteiger partial charge in [-0.25, -0.2) is 0 Å². The molecule has 1 saturated heterocycles. The van der Waals surface area contributed by atoms with Gasteiger partial charge in [-0.1, -0.05) is 6.07 Å². The van der Waals surface area contributed by atoms with Gasteiger partial charge in [0.1, 0.15) is 0 Å². The highest BCUT2D eigenvalue weighted by atomic mass is 127. The number of nitrogens with one attached hydrogen (secondary N) is 2. The zero-order valence-electron chi connectivity index (χ0n) is 17.5. The van der Waals surface area contributed by atoms with Crippen LogP contribution in [0, 0.1) is 5.92 Å². The van der Waals surface area contributed by atoms with Crippen molar-refractivity contribution in [3.63, 3.8) is 0 Å². The summed E-state index contributed by atoms with van der Waals surface area (Å²) in [6.07, 6.45) is 3.45. The molecule has 162 valence electrons. The third-order valence-corrected chi connectivity index (χ3v) is 5.80. The van der Waals surface area contributed by atoms with Crippen LogP contribution in [0.15, 0.2) is 22.5 Å². The van der Waals surface area contributed by atoms with Gasteiger partial charge in [-0.3, -0.25) is 9.89 Å². The Hall–Kier alpha value is -0.420. The summed E-state index contributed by atoms with van der Waals surface area (Å²) < 4.78 is 10.5. The van der Waals surface area contributed by atoms with Gasteiger partial charge in [-0.05, 0) is 57.1 Å². The third kappa shape index (κ3) is 8.94. The van der Waals surface area contributed by atoms with Gasteiger partial charge in [-0.15, -0.1) is 35.3 Å². The van der Waals surface area contributed by atoms with E-state index in [1.807, 2.05) is 11.3 Å². The monoisotopic (exact) mass is 524 g/mol. The molecular weight excluding hydrogens is 487 g/mol. The average molecular weight is 525 g/mol. The molecule has 1 aliphatic rings. The van der Waals surface area contributed by atoms with Crippen molar-refractivity contribution in [1.82, 2.24) is 15.5 Å². The van der Waals surface area contributed by atoms with Crippen LogP contribution in [0.2, 0.25) is 0 Å². The van der Waals surface area contributed by atoms with E-state index in [0.29, 0.717) is 25.2 Å². The Morgan fingerprint density at radius 2 is 2.18 bits per heavy atom. The molecule has 0 bridgehead atoms. The van der Waals surface area contributed by atoms with Gasteiger partial charge in [0.15, 0.2) is 5.96 Å². The third-order valence-electron chi connectivity index (χ3n) is 4.86. The quantitative estimate of drug-likeness (QED) is 0.201. The predicted octanol–water partition coefficient (Wildman–Crippen LogP) is 3.36. The highest BCUT2D eigenvalue weighted by Crippen LogP contribution is 2.37. The standard InChI is InChI=1S/C20H36N4O2S.HI/c1-4-21-20(22-10-7-12-26-14-13-25-3)23-16-17-8-5-11-24(2)19(17)18-9-6-15-27-18;/h6,9,15,17,19H,4-5,7-8,10-14,16H2,1-3H3,(H2,21,22,23);1H. The summed E-state index contributed by atoms with van der Waals surface area (Å²) in [6.45, 7) is 7.91.